The summed E-state index contributed by atoms with van der Waals surface area (Å²) in [6.07, 6.45) is -0.116. The Balaban J connectivity index is 2.42. The first-order valence-corrected chi connectivity index (χ1v) is 8.74. The van der Waals surface area contributed by atoms with Gasteiger partial charge < -0.3 is 19.9 Å². The van der Waals surface area contributed by atoms with Crippen LogP contribution in [-0.2, 0) is 11.3 Å². The number of aryl methyl sites for hydroxylation is 1. The fourth-order valence-corrected chi connectivity index (χ4v) is 3.71. The number of carbonyl (C=O) groups is 2. The summed E-state index contributed by atoms with van der Waals surface area (Å²) in [7, 11) is 3.75. The Morgan fingerprint density at radius 2 is 2.00 bits per heavy atom. The van der Waals surface area contributed by atoms with Gasteiger partial charge in [-0.1, -0.05) is 0 Å². The van der Waals surface area contributed by atoms with Crippen molar-refractivity contribution in [2.45, 2.75) is 26.8 Å². The second kappa shape index (κ2) is 7.75. The molecule has 0 radical (unpaired) electrons. The van der Waals surface area contributed by atoms with Crippen molar-refractivity contribution in [1.29, 1.82) is 0 Å². The molecule has 1 amide bonds. The molecule has 25 heavy (non-hydrogen) atoms. The Morgan fingerprint density at radius 1 is 1.32 bits per heavy atom. The third-order valence-corrected chi connectivity index (χ3v) is 4.95. The van der Waals surface area contributed by atoms with E-state index in [1.54, 1.807) is 13.8 Å². The lowest BCUT2D eigenvalue weighted by atomic mass is 10.2. The van der Waals surface area contributed by atoms with Gasteiger partial charge in [0.05, 0.1) is 23.2 Å². The first-order chi connectivity index (χ1) is 11.7. The molecule has 0 aliphatic rings. The summed E-state index contributed by atoms with van der Waals surface area (Å²) in [6.45, 7) is 4.54. The fourth-order valence-electron chi connectivity index (χ4n) is 2.54. The highest BCUT2D eigenvalue weighted by molar-refractivity contribution is 7.20. The minimum Gasteiger partial charge on any atom is -0.481 e. The predicted molar refractivity (Wildman–Crippen MR) is 96.2 cm³/mol. The van der Waals surface area contributed by atoms with Crippen LogP contribution < -0.4 is 5.56 Å². The molecule has 0 aliphatic carbocycles. The van der Waals surface area contributed by atoms with Crippen molar-refractivity contribution >= 4 is 33.4 Å². The van der Waals surface area contributed by atoms with Gasteiger partial charge in [0, 0.05) is 13.1 Å². The molecule has 2 rings (SSSR count). The molecule has 9 heteroatoms. The second-order valence-corrected chi connectivity index (χ2v) is 7.01. The van der Waals surface area contributed by atoms with E-state index in [-0.39, 0.29) is 24.4 Å². The van der Waals surface area contributed by atoms with Crippen LogP contribution in [0.15, 0.2) is 4.79 Å². The number of thiophene rings is 1. The number of aromatic nitrogens is 2. The van der Waals surface area contributed by atoms with E-state index in [1.807, 2.05) is 19.0 Å². The third-order valence-electron chi connectivity index (χ3n) is 3.77. The molecule has 0 spiro atoms. The monoisotopic (exact) mass is 366 g/mol. The molecule has 0 saturated carbocycles. The molecule has 2 aromatic heterocycles. The van der Waals surface area contributed by atoms with E-state index in [0.717, 1.165) is 0 Å². The number of amides is 1. The lowest BCUT2D eigenvalue weighted by molar-refractivity contribution is -0.137. The predicted octanol–water partition coefficient (Wildman–Crippen LogP) is 1.29. The van der Waals surface area contributed by atoms with Gasteiger partial charge in [-0.3, -0.25) is 14.4 Å². The van der Waals surface area contributed by atoms with E-state index in [9.17, 15) is 14.4 Å². The van der Waals surface area contributed by atoms with Gasteiger partial charge in [0.15, 0.2) is 0 Å². The number of aliphatic carboxylic acids is 1. The van der Waals surface area contributed by atoms with Gasteiger partial charge in [-0.05, 0) is 33.5 Å². The Morgan fingerprint density at radius 3 is 2.56 bits per heavy atom. The van der Waals surface area contributed by atoms with Gasteiger partial charge in [0.1, 0.15) is 10.7 Å². The highest BCUT2D eigenvalue weighted by Crippen LogP contribution is 2.28. The third kappa shape index (κ3) is 4.23. The molecule has 8 nitrogen and oxygen atoms in total. The molecule has 0 aliphatic heterocycles. The largest absolute Gasteiger partial charge is 0.481 e. The average molecular weight is 366 g/mol. The number of hydrogen-bond acceptors (Lipinski definition) is 6. The lowest BCUT2D eigenvalue weighted by Crippen LogP contribution is -2.32. The Hall–Kier alpha value is -2.26. The van der Waals surface area contributed by atoms with Crippen molar-refractivity contribution in [3.05, 3.63) is 26.6 Å². The molecular formula is C16H22N4O4S. The van der Waals surface area contributed by atoms with Crippen LogP contribution >= 0.6 is 11.3 Å². The number of nitrogens with zero attached hydrogens (tertiary/aromatic N) is 3. The van der Waals surface area contributed by atoms with Crippen molar-refractivity contribution < 1.29 is 14.7 Å². The van der Waals surface area contributed by atoms with E-state index in [2.05, 4.69) is 9.97 Å². The number of hydrogen-bond donors (Lipinski definition) is 2. The highest BCUT2D eigenvalue weighted by atomic mass is 32.1. The maximum atomic E-state index is 12.7. The molecule has 2 heterocycles. The summed E-state index contributed by atoms with van der Waals surface area (Å²) in [6, 6.07) is 0. The Labute approximate surface area is 149 Å². The van der Waals surface area contributed by atoms with Crippen molar-refractivity contribution in [2.24, 2.45) is 0 Å². The van der Waals surface area contributed by atoms with E-state index >= 15 is 0 Å². The highest BCUT2D eigenvalue weighted by Gasteiger charge is 2.23. The second-order valence-electron chi connectivity index (χ2n) is 6.02. The van der Waals surface area contributed by atoms with Crippen LogP contribution in [0, 0.1) is 6.92 Å². The summed E-state index contributed by atoms with van der Waals surface area (Å²) in [5.74, 6) is -0.676. The maximum absolute atomic E-state index is 12.7. The smallest absolute Gasteiger partial charge is 0.305 e. The number of rotatable bonds is 7. The SMILES string of the molecule is CCN(CCC(=O)O)C(=O)c1sc2nc(CN(C)C)[nH]c(=O)c2c1C. The van der Waals surface area contributed by atoms with Gasteiger partial charge in [-0.15, -0.1) is 11.3 Å². The summed E-state index contributed by atoms with van der Waals surface area (Å²) in [5.41, 5.74) is 0.326. The van der Waals surface area contributed by atoms with Crippen LogP contribution in [0.1, 0.15) is 34.4 Å². The number of carbonyl (C=O) groups excluding carboxylic acids is 1. The summed E-state index contributed by atoms with van der Waals surface area (Å²) >= 11 is 1.18. The molecule has 0 saturated heterocycles. The number of carboxylic acid groups (broad SMARTS) is 1. The number of fused-ring (bicyclic) bond motifs is 1. The molecule has 0 bridgehead atoms. The first-order valence-electron chi connectivity index (χ1n) is 7.92. The van der Waals surface area contributed by atoms with Crippen LogP contribution in [0.2, 0.25) is 0 Å². The standard InChI is InChI=1S/C16H22N4O4S/c1-5-20(7-6-11(21)22)16(24)13-9(2)12-14(23)17-10(8-19(3)4)18-15(12)25-13/h5-8H2,1-4H3,(H,21,22)(H,17,18,23). The molecule has 0 fully saturated rings. The molecule has 2 aromatic rings. The molecular weight excluding hydrogens is 344 g/mol. The number of nitrogens with one attached hydrogen (secondary N) is 1. The molecule has 0 atom stereocenters. The van der Waals surface area contributed by atoms with Crippen molar-refractivity contribution in [1.82, 2.24) is 19.8 Å². The number of H-pyrrole nitrogens is 1. The zero-order valence-corrected chi connectivity index (χ0v) is 15.6. The molecule has 136 valence electrons. The van der Waals surface area contributed by atoms with Crippen LogP contribution in [0.25, 0.3) is 10.2 Å². The summed E-state index contributed by atoms with van der Waals surface area (Å²) in [5, 5.41) is 9.24. The van der Waals surface area contributed by atoms with Gasteiger partial charge in [-0.2, -0.15) is 0 Å². The maximum Gasteiger partial charge on any atom is 0.305 e. The van der Waals surface area contributed by atoms with Crippen molar-refractivity contribution in [3.8, 4) is 0 Å². The fraction of sp³-hybridized carbons (Fsp3) is 0.500. The first kappa shape index (κ1) is 19.1. The minimum absolute atomic E-state index is 0.116. The topological polar surface area (TPSA) is 107 Å². The Bertz CT molecular complexity index is 856. The van der Waals surface area contributed by atoms with Crippen molar-refractivity contribution in [2.75, 3.05) is 27.2 Å². The van der Waals surface area contributed by atoms with Crippen LogP contribution in [0.3, 0.4) is 0 Å². The summed E-state index contributed by atoms with van der Waals surface area (Å²) in [4.78, 5) is 47.4. The zero-order chi connectivity index (χ0) is 18.7. The van der Waals surface area contributed by atoms with Gasteiger partial charge in [0.2, 0.25) is 0 Å². The van der Waals surface area contributed by atoms with Crippen LogP contribution in [-0.4, -0.2) is 63.9 Å². The van der Waals surface area contributed by atoms with E-state index < -0.39 is 5.97 Å². The van der Waals surface area contributed by atoms with Crippen LogP contribution in [0.4, 0.5) is 0 Å². The Kier molecular flexibility index (Phi) is 5.91. The normalized spacial score (nSPS) is 11.2. The molecule has 0 unspecified atom stereocenters. The van der Waals surface area contributed by atoms with E-state index in [4.69, 9.17) is 5.11 Å². The van der Waals surface area contributed by atoms with E-state index in [0.29, 0.717) is 39.6 Å². The van der Waals surface area contributed by atoms with Gasteiger partial charge in [-0.25, -0.2) is 4.98 Å². The molecule has 2 N–H and O–H groups in total. The van der Waals surface area contributed by atoms with Crippen molar-refractivity contribution in [3.63, 3.8) is 0 Å². The number of aromatic amines is 1. The van der Waals surface area contributed by atoms with Gasteiger partial charge >= 0.3 is 5.97 Å². The number of carboxylic acids is 1. The average Bonchev–Trinajstić information content (AvgIpc) is 2.83. The lowest BCUT2D eigenvalue weighted by Gasteiger charge is -2.19. The quantitative estimate of drug-likeness (QED) is 0.765. The minimum atomic E-state index is -0.953. The summed E-state index contributed by atoms with van der Waals surface area (Å²) < 4.78 is 0. The van der Waals surface area contributed by atoms with Crippen LogP contribution in [0.5, 0.6) is 0 Å². The zero-order valence-electron chi connectivity index (χ0n) is 14.8. The van der Waals surface area contributed by atoms with E-state index in [1.165, 1.54) is 16.2 Å². The molecule has 0 aromatic carbocycles. The van der Waals surface area contributed by atoms with Gasteiger partial charge in [0.25, 0.3) is 11.5 Å².